The van der Waals surface area contributed by atoms with Gasteiger partial charge in [-0.3, -0.25) is 10.1 Å². The van der Waals surface area contributed by atoms with Gasteiger partial charge in [0.2, 0.25) is 0 Å². The molecular formula is C46H64N2O6. The number of hydrogen-bond donors (Lipinski definition) is 7. The Balaban J connectivity index is 1.32. The highest BCUT2D eigenvalue weighted by atomic mass is 16.3. The van der Waals surface area contributed by atoms with Crippen LogP contribution in [0.15, 0.2) is 95.2 Å². The number of carbonyl (C=O) groups is 1. The van der Waals surface area contributed by atoms with E-state index < -0.39 is 34.7 Å². The number of fused-ring (bicyclic) bond motifs is 3. The Kier molecular flexibility index (Phi) is 12.8. The summed E-state index contributed by atoms with van der Waals surface area (Å²) in [6.07, 6.45) is 18.9. The Morgan fingerprint density at radius 3 is 2.65 bits per heavy atom. The van der Waals surface area contributed by atoms with Crippen LogP contribution in [0.25, 0.3) is 0 Å². The summed E-state index contributed by atoms with van der Waals surface area (Å²) in [5.74, 6) is -0.730. The van der Waals surface area contributed by atoms with Crippen LogP contribution in [0, 0.1) is 34.5 Å². The first-order valence-corrected chi connectivity index (χ1v) is 20.3. The highest BCUT2D eigenvalue weighted by molar-refractivity contribution is 5.76. The van der Waals surface area contributed by atoms with E-state index in [1.165, 1.54) is 11.1 Å². The first kappa shape index (κ1) is 40.7. The Labute approximate surface area is 322 Å². The molecule has 0 saturated heterocycles. The van der Waals surface area contributed by atoms with Gasteiger partial charge in [-0.2, -0.15) is 0 Å². The lowest BCUT2D eigenvalue weighted by atomic mass is 9.40. The summed E-state index contributed by atoms with van der Waals surface area (Å²) in [5, 5.41) is 64.2. The molecule has 0 aromatic heterocycles. The zero-order valence-corrected chi connectivity index (χ0v) is 32.6. The fourth-order valence-electron chi connectivity index (χ4n) is 11.4. The highest BCUT2D eigenvalue weighted by Crippen LogP contribution is 2.72. The van der Waals surface area contributed by atoms with Crippen LogP contribution in [-0.4, -0.2) is 82.6 Å². The molecule has 7 N–H and O–H groups in total. The van der Waals surface area contributed by atoms with Crippen LogP contribution in [-0.2, 0) is 17.6 Å². The average Bonchev–Trinajstić information content (AvgIpc) is 3.50. The molecule has 4 aliphatic carbocycles. The average molecular weight is 741 g/mol. The maximum absolute atomic E-state index is 13.0. The first-order chi connectivity index (χ1) is 26.0. The Morgan fingerprint density at radius 2 is 1.93 bits per heavy atom. The van der Waals surface area contributed by atoms with E-state index in [4.69, 9.17) is 0 Å². The van der Waals surface area contributed by atoms with Gasteiger partial charge in [0.15, 0.2) is 0 Å². The van der Waals surface area contributed by atoms with Crippen LogP contribution in [0.3, 0.4) is 0 Å². The van der Waals surface area contributed by atoms with Gasteiger partial charge in [-0.25, -0.2) is 0 Å². The molecular weight excluding hydrogens is 677 g/mol. The van der Waals surface area contributed by atoms with Crippen molar-refractivity contribution in [3.05, 3.63) is 106 Å². The molecule has 1 heterocycles. The van der Waals surface area contributed by atoms with E-state index in [1.807, 2.05) is 32.2 Å². The third kappa shape index (κ3) is 7.60. The minimum absolute atomic E-state index is 0.0261. The molecule has 54 heavy (non-hydrogen) atoms. The van der Waals surface area contributed by atoms with Crippen LogP contribution in [0.5, 0.6) is 0 Å². The molecule has 294 valence electrons. The molecule has 10 unspecified atom stereocenters. The SMILES string of the molecule is C=C(C=CC=C(CO)C1CCC2(C1O)C1C3=C(C=O)CCCC3(C=CC1CCO)CC2(O)CCNC)C1CC=C(C)C(O)NC(C)Cc2cccc(c2)C1. The molecule has 1 aliphatic heterocycles. The summed E-state index contributed by atoms with van der Waals surface area (Å²) in [6.45, 7) is 8.83. The molecule has 8 nitrogen and oxygen atoms in total. The van der Waals surface area contributed by atoms with Crippen molar-refractivity contribution in [1.29, 1.82) is 0 Å². The second-order valence-corrected chi connectivity index (χ2v) is 17.2. The largest absolute Gasteiger partial charge is 0.396 e. The van der Waals surface area contributed by atoms with E-state index >= 15 is 0 Å². The van der Waals surface area contributed by atoms with E-state index in [2.05, 4.69) is 66.6 Å². The number of aliphatic hydroxyl groups is 5. The van der Waals surface area contributed by atoms with Crippen LogP contribution >= 0.6 is 0 Å². The topological polar surface area (TPSA) is 142 Å². The summed E-state index contributed by atoms with van der Waals surface area (Å²) in [6, 6.07) is 8.76. The monoisotopic (exact) mass is 740 g/mol. The maximum Gasteiger partial charge on any atom is 0.146 e. The molecule has 10 atom stereocenters. The molecule has 1 spiro atoms. The van der Waals surface area contributed by atoms with Crippen LogP contribution in [0.2, 0.25) is 0 Å². The molecule has 1 aromatic rings. The summed E-state index contributed by atoms with van der Waals surface area (Å²) >= 11 is 0. The van der Waals surface area contributed by atoms with Crippen molar-refractivity contribution >= 4 is 6.29 Å². The van der Waals surface area contributed by atoms with E-state index in [-0.39, 0.29) is 37.0 Å². The van der Waals surface area contributed by atoms with Gasteiger partial charge in [-0.15, -0.1) is 0 Å². The van der Waals surface area contributed by atoms with Gasteiger partial charge in [0.05, 0.1) is 18.3 Å². The highest BCUT2D eigenvalue weighted by Gasteiger charge is 2.71. The quantitative estimate of drug-likeness (QED) is 0.0907. The number of aliphatic hydroxyl groups excluding tert-OH is 4. The number of carbonyl (C=O) groups excluding carboxylic acids is 1. The molecule has 0 amide bonds. The molecule has 8 heteroatoms. The number of nitrogens with one attached hydrogen (secondary N) is 2. The lowest BCUT2D eigenvalue weighted by Gasteiger charge is -2.66. The molecule has 5 aliphatic rings. The Bertz CT molecular complexity index is 1690. The molecule has 0 radical (unpaired) electrons. The van der Waals surface area contributed by atoms with Gasteiger partial charge in [0.1, 0.15) is 12.5 Å². The molecule has 4 bridgehead atoms. The number of rotatable bonds is 11. The standard InChI is InChI=1S/C46H64N2O6/c1-30(36-14-13-31(2)43(53)48-32(3)24-33-9-6-10-34(25-33)26-36)8-5-11-37(27-50)39-16-20-46(42(39)52)41-35(17-23-49)15-19-44(29-45(46,54)21-22-47-4)18-7-12-38(28-51)40(41)44/h5-6,8-11,13,15,19,25,28,32,35-36,39,41-43,47-50,52-54H,1,7,12,14,16-18,20-24,26-27,29H2,2-4H3. The third-order valence-corrected chi connectivity index (χ3v) is 14.0. The smallest absolute Gasteiger partial charge is 0.146 e. The first-order valence-electron chi connectivity index (χ1n) is 20.3. The van der Waals surface area contributed by atoms with E-state index in [1.54, 1.807) is 0 Å². The van der Waals surface area contributed by atoms with Gasteiger partial charge in [0, 0.05) is 29.4 Å². The predicted molar refractivity (Wildman–Crippen MR) is 214 cm³/mol. The van der Waals surface area contributed by atoms with E-state index in [9.17, 15) is 30.3 Å². The Morgan fingerprint density at radius 1 is 1.15 bits per heavy atom. The molecule has 2 saturated carbocycles. The van der Waals surface area contributed by atoms with Crippen molar-refractivity contribution in [3.8, 4) is 0 Å². The summed E-state index contributed by atoms with van der Waals surface area (Å²) < 4.78 is 0. The minimum Gasteiger partial charge on any atom is -0.396 e. The maximum atomic E-state index is 13.0. The van der Waals surface area contributed by atoms with Crippen LogP contribution in [0.1, 0.15) is 82.8 Å². The normalized spacial score (nSPS) is 37.1. The van der Waals surface area contributed by atoms with Gasteiger partial charge in [-0.1, -0.05) is 72.9 Å². The third-order valence-electron chi connectivity index (χ3n) is 14.0. The molecule has 2 fully saturated rings. The molecule has 6 rings (SSSR count). The lowest BCUT2D eigenvalue weighted by molar-refractivity contribution is -0.207. The van der Waals surface area contributed by atoms with Gasteiger partial charge < -0.3 is 30.8 Å². The van der Waals surface area contributed by atoms with Gasteiger partial charge in [-0.05, 0) is 149 Å². The fourth-order valence-corrected chi connectivity index (χ4v) is 11.4. The van der Waals surface area contributed by atoms with Crippen molar-refractivity contribution in [3.63, 3.8) is 0 Å². The lowest BCUT2D eigenvalue weighted by Crippen LogP contribution is -2.67. The van der Waals surface area contributed by atoms with Crippen molar-refractivity contribution < 1.29 is 30.3 Å². The second kappa shape index (κ2) is 17.0. The zero-order chi connectivity index (χ0) is 38.7. The van der Waals surface area contributed by atoms with Gasteiger partial charge >= 0.3 is 0 Å². The molecule has 1 aromatic carbocycles. The second-order valence-electron chi connectivity index (χ2n) is 17.2. The number of aldehydes is 1. The fraction of sp³-hybridized carbons (Fsp3) is 0.587. The van der Waals surface area contributed by atoms with Crippen molar-refractivity contribution in [2.45, 2.75) is 108 Å². The van der Waals surface area contributed by atoms with Crippen LogP contribution < -0.4 is 10.6 Å². The Hall–Kier alpha value is -2.95. The summed E-state index contributed by atoms with van der Waals surface area (Å²) in [4.78, 5) is 12.7. The minimum atomic E-state index is -1.23. The van der Waals surface area contributed by atoms with Crippen molar-refractivity contribution in [2.24, 2.45) is 34.5 Å². The van der Waals surface area contributed by atoms with Crippen molar-refractivity contribution in [1.82, 2.24) is 10.6 Å². The summed E-state index contributed by atoms with van der Waals surface area (Å²) in [5.41, 5.74) is 4.23. The van der Waals surface area contributed by atoms with E-state index in [0.29, 0.717) is 57.1 Å². The van der Waals surface area contributed by atoms with E-state index in [0.717, 1.165) is 54.3 Å². The number of hydrogen-bond acceptors (Lipinski definition) is 8. The number of benzene rings is 1. The number of allylic oxidation sites excluding steroid dienone is 9. The van der Waals surface area contributed by atoms with Gasteiger partial charge in [0.25, 0.3) is 0 Å². The zero-order valence-electron chi connectivity index (χ0n) is 32.6. The summed E-state index contributed by atoms with van der Waals surface area (Å²) in [7, 11) is 1.88. The predicted octanol–water partition coefficient (Wildman–Crippen LogP) is 5.42. The van der Waals surface area contributed by atoms with Crippen LogP contribution in [0.4, 0.5) is 0 Å². The van der Waals surface area contributed by atoms with Crippen molar-refractivity contribution in [2.75, 3.05) is 26.8 Å².